The van der Waals surface area contributed by atoms with Gasteiger partial charge in [-0.05, 0) is 40.2 Å². The van der Waals surface area contributed by atoms with Crippen LogP contribution in [0.4, 0.5) is 5.69 Å². The van der Waals surface area contributed by atoms with Crippen LogP contribution in [-0.2, 0) is 0 Å². The quantitative estimate of drug-likeness (QED) is 0.823. The van der Waals surface area contributed by atoms with Crippen molar-refractivity contribution in [1.29, 1.82) is 0 Å². The zero-order chi connectivity index (χ0) is 13.2. The molecule has 0 aromatic heterocycles. The Bertz CT molecular complexity index is 600. The minimum atomic E-state index is 0.409. The molecular formula is C15H13Br2NO. The van der Waals surface area contributed by atoms with E-state index in [1.807, 2.05) is 24.3 Å². The van der Waals surface area contributed by atoms with Gasteiger partial charge in [0.15, 0.2) is 0 Å². The maximum atomic E-state index is 5.69. The SMILES string of the molecule is Brc1ccc(NCC2COc3ccccc32)c(Br)c1. The Kier molecular flexibility index (Phi) is 3.80. The van der Waals surface area contributed by atoms with Gasteiger partial charge in [0, 0.05) is 32.7 Å². The number of ether oxygens (including phenoxy) is 1. The molecular weight excluding hydrogens is 370 g/mol. The fourth-order valence-electron chi connectivity index (χ4n) is 2.26. The van der Waals surface area contributed by atoms with Crippen LogP contribution in [0, 0.1) is 0 Å². The van der Waals surface area contributed by atoms with Crippen molar-refractivity contribution in [1.82, 2.24) is 0 Å². The van der Waals surface area contributed by atoms with Crippen LogP contribution in [0.25, 0.3) is 0 Å². The van der Waals surface area contributed by atoms with Gasteiger partial charge in [-0.2, -0.15) is 0 Å². The van der Waals surface area contributed by atoms with Crippen LogP contribution >= 0.6 is 31.9 Å². The minimum Gasteiger partial charge on any atom is -0.493 e. The number of hydrogen-bond acceptors (Lipinski definition) is 2. The lowest BCUT2D eigenvalue weighted by atomic mass is 10.0. The summed E-state index contributed by atoms with van der Waals surface area (Å²) in [7, 11) is 0. The van der Waals surface area contributed by atoms with E-state index in [4.69, 9.17) is 4.74 Å². The number of anilines is 1. The van der Waals surface area contributed by atoms with Crippen molar-refractivity contribution >= 4 is 37.5 Å². The van der Waals surface area contributed by atoms with Gasteiger partial charge in [-0.15, -0.1) is 0 Å². The summed E-state index contributed by atoms with van der Waals surface area (Å²) in [5.41, 5.74) is 2.40. The van der Waals surface area contributed by atoms with Crippen LogP contribution < -0.4 is 10.1 Å². The number of fused-ring (bicyclic) bond motifs is 1. The normalized spacial score (nSPS) is 16.8. The average Bonchev–Trinajstić information content (AvgIpc) is 2.81. The molecule has 0 fully saturated rings. The van der Waals surface area contributed by atoms with Crippen LogP contribution in [-0.4, -0.2) is 13.2 Å². The van der Waals surface area contributed by atoms with Crippen molar-refractivity contribution in [3.63, 3.8) is 0 Å². The van der Waals surface area contributed by atoms with Gasteiger partial charge >= 0.3 is 0 Å². The van der Waals surface area contributed by atoms with Crippen molar-refractivity contribution in [2.75, 3.05) is 18.5 Å². The van der Waals surface area contributed by atoms with Crippen molar-refractivity contribution in [2.45, 2.75) is 5.92 Å². The lowest BCUT2D eigenvalue weighted by Gasteiger charge is -2.13. The molecule has 98 valence electrons. The maximum Gasteiger partial charge on any atom is 0.122 e. The number of hydrogen-bond donors (Lipinski definition) is 1. The number of nitrogens with one attached hydrogen (secondary N) is 1. The summed E-state index contributed by atoms with van der Waals surface area (Å²) >= 11 is 7.02. The predicted octanol–water partition coefficient (Wildman–Crippen LogP) is 4.80. The molecule has 2 nitrogen and oxygen atoms in total. The van der Waals surface area contributed by atoms with E-state index < -0.39 is 0 Å². The summed E-state index contributed by atoms with van der Waals surface area (Å²) in [6.07, 6.45) is 0. The highest BCUT2D eigenvalue weighted by atomic mass is 79.9. The zero-order valence-corrected chi connectivity index (χ0v) is 13.4. The van der Waals surface area contributed by atoms with E-state index in [-0.39, 0.29) is 0 Å². The molecule has 0 saturated carbocycles. The molecule has 2 aromatic carbocycles. The smallest absolute Gasteiger partial charge is 0.122 e. The Labute approximate surface area is 129 Å². The molecule has 1 aliphatic rings. The maximum absolute atomic E-state index is 5.69. The minimum absolute atomic E-state index is 0.409. The van der Waals surface area contributed by atoms with Gasteiger partial charge in [0.1, 0.15) is 5.75 Å². The van der Waals surface area contributed by atoms with Gasteiger partial charge in [-0.1, -0.05) is 34.1 Å². The van der Waals surface area contributed by atoms with Gasteiger partial charge in [0.25, 0.3) is 0 Å². The summed E-state index contributed by atoms with van der Waals surface area (Å²) in [5, 5.41) is 3.48. The molecule has 0 bridgehead atoms. The van der Waals surface area contributed by atoms with Crippen molar-refractivity contribution in [2.24, 2.45) is 0 Å². The lowest BCUT2D eigenvalue weighted by molar-refractivity contribution is 0.334. The third-order valence-corrected chi connectivity index (χ3v) is 4.42. The highest BCUT2D eigenvalue weighted by molar-refractivity contribution is 9.11. The second kappa shape index (κ2) is 5.55. The van der Waals surface area contributed by atoms with Crippen molar-refractivity contribution < 1.29 is 4.74 Å². The second-order valence-corrected chi connectivity index (χ2v) is 6.32. The molecule has 0 amide bonds. The molecule has 0 radical (unpaired) electrons. The first kappa shape index (κ1) is 13.0. The highest BCUT2D eigenvalue weighted by Gasteiger charge is 2.23. The van der Waals surface area contributed by atoms with E-state index in [1.165, 1.54) is 5.56 Å². The molecule has 0 saturated heterocycles. The van der Waals surface area contributed by atoms with Gasteiger partial charge < -0.3 is 10.1 Å². The summed E-state index contributed by atoms with van der Waals surface area (Å²) in [6, 6.07) is 14.4. The third kappa shape index (κ3) is 2.79. The number of para-hydroxylation sites is 1. The lowest BCUT2D eigenvalue weighted by Crippen LogP contribution is -2.14. The van der Waals surface area contributed by atoms with Crippen LogP contribution in [0.3, 0.4) is 0 Å². The zero-order valence-electron chi connectivity index (χ0n) is 10.2. The van der Waals surface area contributed by atoms with E-state index in [0.29, 0.717) is 5.92 Å². The molecule has 2 aromatic rings. The molecule has 0 spiro atoms. The first-order valence-corrected chi connectivity index (χ1v) is 7.73. The molecule has 1 atom stereocenters. The van der Waals surface area contributed by atoms with Crippen LogP contribution in [0.1, 0.15) is 11.5 Å². The Morgan fingerprint density at radius 1 is 1.16 bits per heavy atom. The average molecular weight is 383 g/mol. The summed E-state index contributed by atoms with van der Waals surface area (Å²) in [4.78, 5) is 0. The predicted molar refractivity (Wildman–Crippen MR) is 85.0 cm³/mol. The van der Waals surface area contributed by atoms with Crippen molar-refractivity contribution in [3.05, 3.63) is 57.0 Å². The van der Waals surface area contributed by atoms with E-state index in [2.05, 4.69) is 55.4 Å². The topological polar surface area (TPSA) is 21.3 Å². The van der Waals surface area contributed by atoms with Crippen LogP contribution in [0.15, 0.2) is 51.4 Å². The summed E-state index contributed by atoms with van der Waals surface area (Å²) < 4.78 is 7.82. The fourth-order valence-corrected chi connectivity index (χ4v) is 3.45. The Balaban J connectivity index is 1.71. The largest absolute Gasteiger partial charge is 0.493 e. The van der Waals surface area contributed by atoms with Gasteiger partial charge in [-0.3, -0.25) is 0 Å². The van der Waals surface area contributed by atoms with Gasteiger partial charge in [-0.25, -0.2) is 0 Å². The number of benzene rings is 2. The van der Waals surface area contributed by atoms with Gasteiger partial charge in [0.2, 0.25) is 0 Å². The highest BCUT2D eigenvalue weighted by Crippen LogP contribution is 2.34. The van der Waals surface area contributed by atoms with E-state index >= 15 is 0 Å². The molecule has 1 heterocycles. The molecule has 1 aliphatic heterocycles. The van der Waals surface area contributed by atoms with Crippen molar-refractivity contribution in [3.8, 4) is 5.75 Å². The van der Waals surface area contributed by atoms with Crippen LogP contribution in [0.5, 0.6) is 5.75 Å². The molecule has 3 rings (SSSR count). The standard InChI is InChI=1S/C15H13Br2NO/c16-11-5-6-14(13(17)7-11)18-8-10-9-19-15-4-2-1-3-12(10)15/h1-7,10,18H,8-9H2. The van der Waals surface area contributed by atoms with Gasteiger partial charge in [0.05, 0.1) is 6.61 Å². The number of halogens is 2. The molecule has 19 heavy (non-hydrogen) atoms. The second-order valence-electron chi connectivity index (χ2n) is 4.55. The Morgan fingerprint density at radius 3 is 2.84 bits per heavy atom. The first-order valence-electron chi connectivity index (χ1n) is 6.14. The van der Waals surface area contributed by atoms with E-state index in [9.17, 15) is 0 Å². The molecule has 0 aliphatic carbocycles. The summed E-state index contributed by atoms with van der Waals surface area (Å²) in [5.74, 6) is 1.43. The monoisotopic (exact) mass is 381 g/mol. The fraction of sp³-hybridized carbons (Fsp3) is 0.200. The van der Waals surface area contributed by atoms with E-state index in [0.717, 1.165) is 33.5 Å². The molecule has 4 heteroatoms. The number of rotatable bonds is 3. The summed E-state index contributed by atoms with van der Waals surface area (Å²) in [6.45, 7) is 1.62. The molecule has 1 unspecified atom stereocenters. The van der Waals surface area contributed by atoms with E-state index in [1.54, 1.807) is 0 Å². The van der Waals surface area contributed by atoms with Crippen LogP contribution in [0.2, 0.25) is 0 Å². The molecule has 1 N–H and O–H groups in total. The Hall–Kier alpha value is -1.00. The Morgan fingerprint density at radius 2 is 2.00 bits per heavy atom. The third-order valence-electron chi connectivity index (χ3n) is 3.27. The first-order chi connectivity index (χ1) is 9.24.